The first-order valence-corrected chi connectivity index (χ1v) is 13.2. The van der Waals surface area contributed by atoms with Crippen LogP contribution in [0.2, 0.25) is 0 Å². The first-order chi connectivity index (χ1) is 15.9. The minimum absolute atomic E-state index is 0.142. The van der Waals surface area contributed by atoms with Gasteiger partial charge in [-0.3, -0.25) is 14.6 Å². The van der Waals surface area contributed by atoms with Gasteiger partial charge in [-0.2, -0.15) is 0 Å². The van der Waals surface area contributed by atoms with Gasteiger partial charge >= 0.3 is 0 Å². The zero-order valence-electron chi connectivity index (χ0n) is 18.7. The normalized spacial score (nSPS) is 15.0. The molecule has 33 heavy (non-hydrogen) atoms. The number of amides is 1. The molecule has 1 aliphatic heterocycles. The van der Waals surface area contributed by atoms with Crippen LogP contribution in [0.5, 0.6) is 5.75 Å². The zero-order valence-corrected chi connectivity index (χ0v) is 20.3. The monoisotopic (exact) mass is 489 g/mol. The van der Waals surface area contributed by atoms with Crippen molar-refractivity contribution in [2.45, 2.75) is 11.8 Å². The molecule has 1 fully saturated rings. The first kappa shape index (κ1) is 23.6. The SMILES string of the molecule is COc1ccc2nc(N(CCN3CCOCC3)C(=O)CS(=O)(=O)c3ccc(C)cc3)sc2c1. The number of sulfone groups is 1. The predicted octanol–water partition coefficient (Wildman–Crippen LogP) is 2.75. The van der Waals surface area contributed by atoms with Crippen molar-refractivity contribution in [3.8, 4) is 5.75 Å². The number of fused-ring (bicyclic) bond motifs is 1. The fraction of sp³-hybridized carbons (Fsp3) is 0.391. The number of carbonyl (C=O) groups excluding carboxylic acids is 1. The molecule has 0 aliphatic carbocycles. The van der Waals surface area contributed by atoms with Crippen LogP contribution in [0.15, 0.2) is 47.4 Å². The number of benzene rings is 2. The van der Waals surface area contributed by atoms with Crippen LogP contribution in [0.4, 0.5) is 5.13 Å². The third kappa shape index (κ3) is 5.70. The number of anilines is 1. The summed E-state index contributed by atoms with van der Waals surface area (Å²) in [4.78, 5) is 21.8. The van der Waals surface area contributed by atoms with Gasteiger partial charge in [-0.1, -0.05) is 29.0 Å². The average Bonchev–Trinajstić information content (AvgIpc) is 3.22. The highest BCUT2D eigenvalue weighted by atomic mass is 32.2. The molecule has 0 bridgehead atoms. The third-order valence-electron chi connectivity index (χ3n) is 5.55. The number of methoxy groups -OCH3 is 1. The van der Waals surface area contributed by atoms with Gasteiger partial charge in [0.15, 0.2) is 15.0 Å². The van der Waals surface area contributed by atoms with Crippen LogP contribution in [0.1, 0.15) is 5.56 Å². The van der Waals surface area contributed by atoms with Gasteiger partial charge in [0, 0.05) is 26.2 Å². The highest BCUT2D eigenvalue weighted by molar-refractivity contribution is 7.92. The molecule has 10 heteroatoms. The number of carbonyl (C=O) groups is 1. The summed E-state index contributed by atoms with van der Waals surface area (Å²) in [6, 6.07) is 12.1. The van der Waals surface area contributed by atoms with E-state index in [1.165, 1.54) is 16.2 Å². The molecule has 176 valence electrons. The number of morpholine rings is 1. The summed E-state index contributed by atoms with van der Waals surface area (Å²) < 4.78 is 37.4. The van der Waals surface area contributed by atoms with Crippen molar-refractivity contribution in [3.05, 3.63) is 48.0 Å². The number of hydrogen-bond acceptors (Lipinski definition) is 8. The fourth-order valence-corrected chi connectivity index (χ4v) is 5.83. The molecule has 0 radical (unpaired) electrons. The number of rotatable bonds is 8. The lowest BCUT2D eigenvalue weighted by molar-refractivity contribution is -0.116. The van der Waals surface area contributed by atoms with E-state index in [2.05, 4.69) is 9.88 Å². The summed E-state index contributed by atoms with van der Waals surface area (Å²) >= 11 is 1.35. The molecular weight excluding hydrogens is 462 g/mol. The van der Waals surface area contributed by atoms with E-state index < -0.39 is 21.5 Å². The van der Waals surface area contributed by atoms with Crippen molar-refractivity contribution in [2.75, 3.05) is 57.2 Å². The highest BCUT2D eigenvalue weighted by Crippen LogP contribution is 2.32. The van der Waals surface area contributed by atoms with Crippen LogP contribution in [0.25, 0.3) is 10.2 Å². The predicted molar refractivity (Wildman–Crippen MR) is 129 cm³/mol. The standard InChI is InChI=1S/C23H27N3O5S2/c1-17-3-6-19(7-4-17)33(28,29)16-22(27)26(10-9-25-11-13-31-14-12-25)23-24-20-8-5-18(30-2)15-21(20)32-23/h3-8,15H,9-14,16H2,1-2H3. The van der Waals surface area contributed by atoms with Gasteiger partial charge in [0.25, 0.3) is 0 Å². The number of thiazole rings is 1. The van der Waals surface area contributed by atoms with Gasteiger partial charge in [-0.25, -0.2) is 13.4 Å². The van der Waals surface area contributed by atoms with Crippen LogP contribution < -0.4 is 9.64 Å². The van der Waals surface area contributed by atoms with Crippen molar-refractivity contribution in [3.63, 3.8) is 0 Å². The Hall–Kier alpha value is -2.53. The average molecular weight is 490 g/mol. The Morgan fingerprint density at radius 2 is 1.91 bits per heavy atom. The molecule has 0 atom stereocenters. The van der Waals surface area contributed by atoms with Gasteiger partial charge in [0.2, 0.25) is 5.91 Å². The topological polar surface area (TPSA) is 89.0 Å². The van der Waals surface area contributed by atoms with Crippen molar-refractivity contribution in [1.29, 1.82) is 0 Å². The maximum atomic E-state index is 13.3. The molecule has 8 nitrogen and oxygen atoms in total. The van der Waals surface area contributed by atoms with Gasteiger partial charge < -0.3 is 9.47 Å². The van der Waals surface area contributed by atoms with E-state index in [4.69, 9.17) is 9.47 Å². The van der Waals surface area contributed by atoms with Crippen molar-refractivity contribution in [2.24, 2.45) is 0 Å². The third-order valence-corrected chi connectivity index (χ3v) is 8.21. The number of hydrogen-bond donors (Lipinski definition) is 0. The quantitative estimate of drug-likeness (QED) is 0.481. The Balaban J connectivity index is 1.60. The molecule has 2 aromatic carbocycles. The largest absolute Gasteiger partial charge is 0.497 e. The Labute approximate surface area is 197 Å². The summed E-state index contributed by atoms with van der Waals surface area (Å²) in [5, 5.41) is 0.482. The van der Waals surface area contributed by atoms with Gasteiger partial charge in [0.05, 0.1) is 35.4 Å². The van der Waals surface area contributed by atoms with Crippen LogP contribution in [-0.4, -0.2) is 76.5 Å². The molecule has 4 rings (SSSR count). The maximum Gasteiger partial charge on any atom is 0.244 e. The molecule has 1 aliphatic rings. The molecule has 0 N–H and O–H groups in total. The molecule has 0 spiro atoms. The highest BCUT2D eigenvalue weighted by Gasteiger charge is 2.27. The van der Waals surface area contributed by atoms with Crippen LogP contribution in [0.3, 0.4) is 0 Å². The smallest absolute Gasteiger partial charge is 0.244 e. The van der Waals surface area contributed by atoms with Gasteiger partial charge in [-0.05, 0) is 37.3 Å². The second-order valence-corrected chi connectivity index (χ2v) is 10.9. The minimum Gasteiger partial charge on any atom is -0.497 e. The summed E-state index contributed by atoms with van der Waals surface area (Å²) in [6.45, 7) is 5.70. The first-order valence-electron chi connectivity index (χ1n) is 10.7. The summed E-state index contributed by atoms with van der Waals surface area (Å²) in [6.07, 6.45) is 0. The van der Waals surface area contributed by atoms with Crippen molar-refractivity contribution in [1.82, 2.24) is 9.88 Å². The lowest BCUT2D eigenvalue weighted by Gasteiger charge is -2.29. The van der Waals surface area contributed by atoms with E-state index in [-0.39, 0.29) is 4.90 Å². The zero-order chi connectivity index (χ0) is 23.4. The van der Waals surface area contributed by atoms with E-state index >= 15 is 0 Å². The Morgan fingerprint density at radius 1 is 1.18 bits per heavy atom. The van der Waals surface area contributed by atoms with Crippen LogP contribution in [0, 0.1) is 6.92 Å². The van der Waals surface area contributed by atoms with Crippen molar-refractivity contribution < 1.29 is 22.7 Å². The van der Waals surface area contributed by atoms with Gasteiger partial charge in [0.1, 0.15) is 11.5 Å². The lowest BCUT2D eigenvalue weighted by atomic mass is 10.2. The number of aryl methyl sites for hydroxylation is 1. The molecule has 3 aromatic rings. The van der Waals surface area contributed by atoms with Crippen LogP contribution in [-0.2, 0) is 19.4 Å². The summed E-state index contributed by atoms with van der Waals surface area (Å²) in [5.74, 6) is -0.404. The molecule has 0 unspecified atom stereocenters. The minimum atomic E-state index is -3.78. The van der Waals surface area contributed by atoms with E-state index in [9.17, 15) is 13.2 Å². The summed E-state index contributed by atoms with van der Waals surface area (Å²) in [7, 11) is -2.19. The molecule has 1 amide bonds. The molecule has 1 saturated heterocycles. The Bertz CT molecular complexity index is 1220. The lowest BCUT2D eigenvalue weighted by Crippen LogP contribution is -2.44. The number of ether oxygens (including phenoxy) is 2. The Morgan fingerprint density at radius 3 is 2.61 bits per heavy atom. The molecule has 1 aromatic heterocycles. The van der Waals surface area contributed by atoms with E-state index in [0.717, 1.165) is 28.9 Å². The molecular formula is C23H27N3O5S2. The summed E-state index contributed by atoms with van der Waals surface area (Å²) in [5.41, 5.74) is 1.69. The second-order valence-electron chi connectivity index (χ2n) is 7.90. The number of aromatic nitrogens is 1. The molecule has 2 heterocycles. The number of nitrogens with zero attached hydrogens (tertiary/aromatic N) is 3. The van der Waals surface area contributed by atoms with E-state index in [1.54, 1.807) is 31.4 Å². The van der Waals surface area contributed by atoms with Gasteiger partial charge in [-0.15, -0.1) is 0 Å². The maximum absolute atomic E-state index is 13.3. The Kier molecular flexibility index (Phi) is 7.28. The van der Waals surface area contributed by atoms with Crippen LogP contribution >= 0.6 is 11.3 Å². The van der Waals surface area contributed by atoms with Crippen molar-refractivity contribution >= 4 is 42.4 Å². The second kappa shape index (κ2) is 10.2. The van der Waals surface area contributed by atoms with E-state index in [0.29, 0.717) is 37.2 Å². The molecule has 0 saturated carbocycles. The fourth-order valence-electron chi connectivity index (χ4n) is 3.60. The van der Waals surface area contributed by atoms with E-state index in [1.807, 2.05) is 25.1 Å².